The molecule has 0 aliphatic carbocycles. The van der Waals surface area contributed by atoms with Crippen molar-refractivity contribution in [3.8, 4) is 0 Å². The highest BCUT2D eigenvalue weighted by molar-refractivity contribution is 4.77. The number of rotatable bonds is 13. The first-order valence-electron chi connectivity index (χ1n) is 8.87. The van der Waals surface area contributed by atoms with E-state index in [2.05, 4.69) is 6.92 Å². The Balaban J connectivity index is 0. The van der Waals surface area contributed by atoms with Crippen LogP contribution in [0.3, 0.4) is 0 Å². The Morgan fingerprint density at radius 3 is 1.36 bits per heavy atom. The third-order valence-corrected chi connectivity index (χ3v) is 4.72. The van der Waals surface area contributed by atoms with E-state index in [1.807, 2.05) is 0 Å². The Kier molecular flexibility index (Phi) is 14.4. The average Bonchev–Trinajstić information content (AvgIpc) is 2.60. The quantitative estimate of drug-likeness (QED) is 0.257. The van der Waals surface area contributed by atoms with Crippen molar-refractivity contribution in [1.29, 1.82) is 0 Å². The number of unbranched alkanes of at least 4 members (excludes halogenated alkanes) is 4. The molecule has 0 amide bonds. The fourth-order valence-electron chi connectivity index (χ4n) is 2.26. The Hall–Kier alpha value is -1.32. The minimum Gasteiger partial charge on any atom is -0.389 e. The summed E-state index contributed by atoms with van der Waals surface area (Å²) in [6, 6.07) is 0. The first-order valence-corrected chi connectivity index (χ1v) is 8.87. The summed E-state index contributed by atoms with van der Waals surface area (Å²) in [5, 5.41) is 47.7. The van der Waals surface area contributed by atoms with Crippen LogP contribution in [0.2, 0.25) is 0 Å². The molecule has 0 aromatic carbocycles. The van der Waals surface area contributed by atoms with E-state index in [0.29, 0.717) is 19.3 Å². The van der Waals surface area contributed by atoms with Gasteiger partial charge in [0, 0.05) is 29.1 Å². The molecule has 0 aromatic rings. The maximum absolute atomic E-state index is 10.7. The van der Waals surface area contributed by atoms with E-state index >= 15 is 0 Å². The molecule has 9 heteroatoms. The van der Waals surface area contributed by atoms with Gasteiger partial charge in [-0.15, -0.1) is 0 Å². The van der Waals surface area contributed by atoms with Gasteiger partial charge < -0.3 is 15.3 Å². The molecule has 0 spiro atoms. The SMILES string of the molecule is CCC(CC)(CO)[N+](=O)[O-].CCCCCCCC(CO)(CO)[N+](=O)[O-]. The summed E-state index contributed by atoms with van der Waals surface area (Å²) in [4.78, 5) is 20.1. The van der Waals surface area contributed by atoms with Crippen LogP contribution in [-0.2, 0) is 0 Å². The highest BCUT2D eigenvalue weighted by Crippen LogP contribution is 2.19. The predicted molar refractivity (Wildman–Crippen MR) is 94.7 cm³/mol. The summed E-state index contributed by atoms with van der Waals surface area (Å²) in [5.74, 6) is 0. The van der Waals surface area contributed by atoms with Gasteiger partial charge in [-0.3, -0.25) is 20.2 Å². The lowest BCUT2D eigenvalue weighted by molar-refractivity contribution is -0.578. The van der Waals surface area contributed by atoms with Gasteiger partial charge in [-0.05, 0) is 6.42 Å². The van der Waals surface area contributed by atoms with E-state index in [0.717, 1.165) is 25.7 Å². The standard InChI is InChI=1S/C10H21NO4.C6H13NO3/c1-2-3-4-5-6-7-10(8-12,9-13)11(14)15;1-3-6(4-2,5-8)7(9)10/h12-13H,2-9H2,1H3;8H,3-5H2,1-2H3. The van der Waals surface area contributed by atoms with Crippen LogP contribution < -0.4 is 0 Å². The number of nitrogens with zero attached hydrogens (tertiary/aromatic N) is 2. The summed E-state index contributed by atoms with van der Waals surface area (Å²) in [6.45, 7) is 3.97. The topological polar surface area (TPSA) is 147 Å². The second kappa shape index (κ2) is 13.9. The first-order chi connectivity index (χ1) is 11.8. The van der Waals surface area contributed by atoms with Gasteiger partial charge in [0.05, 0.1) is 0 Å². The summed E-state index contributed by atoms with van der Waals surface area (Å²) in [6.07, 6.45) is 5.92. The van der Waals surface area contributed by atoms with Gasteiger partial charge in [0.25, 0.3) is 5.54 Å². The largest absolute Gasteiger partial charge is 0.389 e. The minimum atomic E-state index is -1.54. The van der Waals surface area contributed by atoms with Crippen molar-refractivity contribution in [2.24, 2.45) is 0 Å². The number of nitro groups is 2. The fraction of sp³-hybridized carbons (Fsp3) is 1.00. The molecule has 9 nitrogen and oxygen atoms in total. The van der Waals surface area contributed by atoms with E-state index in [1.165, 1.54) is 0 Å². The molecule has 150 valence electrons. The molecule has 0 atom stereocenters. The highest BCUT2D eigenvalue weighted by atomic mass is 16.6. The van der Waals surface area contributed by atoms with E-state index < -0.39 is 34.1 Å². The van der Waals surface area contributed by atoms with Gasteiger partial charge in [-0.1, -0.05) is 46.5 Å². The van der Waals surface area contributed by atoms with Gasteiger partial charge in [-0.25, -0.2) is 0 Å². The molecule has 0 unspecified atom stereocenters. The van der Waals surface area contributed by atoms with Crippen LogP contribution >= 0.6 is 0 Å². The highest BCUT2D eigenvalue weighted by Gasteiger charge is 2.41. The Bertz CT molecular complexity index is 361. The molecule has 25 heavy (non-hydrogen) atoms. The zero-order valence-electron chi connectivity index (χ0n) is 15.6. The molecule has 0 fully saturated rings. The number of hydrogen-bond acceptors (Lipinski definition) is 7. The van der Waals surface area contributed by atoms with Crippen molar-refractivity contribution < 1.29 is 25.2 Å². The van der Waals surface area contributed by atoms with E-state index in [1.54, 1.807) is 13.8 Å². The Morgan fingerprint density at radius 2 is 1.12 bits per heavy atom. The Morgan fingerprint density at radius 1 is 0.720 bits per heavy atom. The van der Waals surface area contributed by atoms with Gasteiger partial charge >= 0.3 is 0 Å². The smallest absolute Gasteiger partial charge is 0.267 e. The van der Waals surface area contributed by atoms with Crippen LogP contribution in [0, 0.1) is 20.2 Å². The zero-order valence-corrected chi connectivity index (χ0v) is 15.6. The summed E-state index contributed by atoms with van der Waals surface area (Å²) in [5.41, 5.74) is -2.63. The number of aliphatic hydroxyl groups is 3. The average molecular weight is 366 g/mol. The van der Waals surface area contributed by atoms with E-state index in [9.17, 15) is 20.2 Å². The van der Waals surface area contributed by atoms with Gasteiger partial charge in [0.15, 0.2) is 0 Å². The van der Waals surface area contributed by atoms with Crippen LogP contribution in [0.1, 0.15) is 72.1 Å². The molecule has 0 aliphatic rings. The number of hydrogen-bond donors (Lipinski definition) is 3. The van der Waals surface area contributed by atoms with Crippen molar-refractivity contribution in [3.05, 3.63) is 20.2 Å². The lowest BCUT2D eigenvalue weighted by atomic mass is 9.94. The maximum Gasteiger partial charge on any atom is 0.267 e. The van der Waals surface area contributed by atoms with E-state index in [-0.39, 0.29) is 13.0 Å². The molecule has 0 saturated heterocycles. The molecule has 0 aromatic heterocycles. The first kappa shape index (κ1) is 25.9. The third-order valence-electron chi connectivity index (χ3n) is 4.72. The summed E-state index contributed by atoms with van der Waals surface area (Å²) < 4.78 is 0. The molecule has 0 rings (SSSR count). The molecule has 3 N–H and O–H groups in total. The van der Waals surface area contributed by atoms with Crippen LogP contribution in [-0.4, -0.2) is 56.1 Å². The molecule has 0 radical (unpaired) electrons. The lowest BCUT2D eigenvalue weighted by Crippen LogP contribution is -2.45. The zero-order chi connectivity index (χ0) is 19.9. The van der Waals surface area contributed by atoms with Crippen molar-refractivity contribution in [1.82, 2.24) is 0 Å². The lowest BCUT2D eigenvalue weighted by Gasteiger charge is -2.20. The van der Waals surface area contributed by atoms with E-state index in [4.69, 9.17) is 15.3 Å². The van der Waals surface area contributed by atoms with Gasteiger partial charge in [0.2, 0.25) is 5.54 Å². The van der Waals surface area contributed by atoms with Crippen molar-refractivity contribution >= 4 is 0 Å². The minimum absolute atomic E-state index is 0.247. The number of aliphatic hydroxyl groups excluding tert-OH is 3. The van der Waals surface area contributed by atoms with Crippen molar-refractivity contribution in [2.45, 2.75) is 83.2 Å². The molecule has 0 bridgehead atoms. The third kappa shape index (κ3) is 8.55. The van der Waals surface area contributed by atoms with Crippen LogP contribution in [0.4, 0.5) is 0 Å². The Labute approximate surface area is 149 Å². The normalized spacial score (nSPS) is 11.6. The monoisotopic (exact) mass is 366 g/mol. The molecule has 0 heterocycles. The molecule has 0 saturated carbocycles. The second-order valence-corrected chi connectivity index (χ2v) is 6.31. The van der Waals surface area contributed by atoms with Crippen LogP contribution in [0.15, 0.2) is 0 Å². The van der Waals surface area contributed by atoms with Crippen LogP contribution in [0.25, 0.3) is 0 Å². The molecular formula is C16H34N2O7. The fourth-order valence-corrected chi connectivity index (χ4v) is 2.26. The summed E-state index contributed by atoms with van der Waals surface area (Å²) in [7, 11) is 0. The molecular weight excluding hydrogens is 332 g/mol. The second-order valence-electron chi connectivity index (χ2n) is 6.31. The molecule has 0 aliphatic heterocycles. The van der Waals surface area contributed by atoms with Crippen molar-refractivity contribution in [2.75, 3.05) is 19.8 Å². The predicted octanol–water partition coefficient (Wildman–Crippen LogP) is 2.16. The van der Waals surface area contributed by atoms with Crippen LogP contribution in [0.5, 0.6) is 0 Å². The van der Waals surface area contributed by atoms with Gasteiger partial charge in [0.1, 0.15) is 19.8 Å². The maximum atomic E-state index is 10.7. The van der Waals surface area contributed by atoms with Crippen molar-refractivity contribution in [3.63, 3.8) is 0 Å². The summed E-state index contributed by atoms with van der Waals surface area (Å²) >= 11 is 0. The van der Waals surface area contributed by atoms with Gasteiger partial charge in [-0.2, -0.15) is 0 Å².